The molecular weight excluding hydrogens is 169 g/mol. The monoisotopic (exact) mass is 177 g/mol. The summed E-state index contributed by atoms with van der Waals surface area (Å²) in [6, 6.07) is 1.47. The molecule has 0 aromatic carbocycles. The number of halogens is 1. The number of nitrogens with zero attached hydrogens (tertiary/aromatic N) is 3. The van der Waals surface area contributed by atoms with Gasteiger partial charge in [0.2, 0.25) is 0 Å². The Labute approximate surface area is 74.9 Å². The van der Waals surface area contributed by atoms with Crippen LogP contribution in [0.25, 0.3) is 0 Å². The van der Waals surface area contributed by atoms with E-state index >= 15 is 0 Å². The molecule has 66 valence electrons. The summed E-state index contributed by atoms with van der Waals surface area (Å²) in [6.45, 7) is 0.602. The van der Waals surface area contributed by atoms with Crippen LogP contribution in [-0.4, -0.2) is 14.5 Å². The van der Waals surface area contributed by atoms with Gasteiger partial charge in [-0.25, -0.2) is 9.37 Å². The molecule has 0 radical (unpaired) electrons. The maximum absolute atomic E-state index is 12.7. The third-order valence-electron chi connectivity index (χ3n) is 1.69. The topological polar surface area (TPSA) is 30.7 Å². The lowest BCUT2D eigenvalue weighted by atomic mass is 10.3. The molecule has 2 aromatic rings. The van der Waals surface area contributed by atoms with Gasteiger partial charge in [-0.1, -0.05) is 0 Å². The average Bonchev–Trinajstić information content (AvgIpc) is 2.57. The second-order valence-electron chi connectivity index (χ2n) is 2.75. The van der Waals surface area contributed by atoms with Crippen molar-refractivity contribution in [1.82, 2.24) is 14.5 Å². The molecule has 0 saturated heterocycles. The molecule has 0 fully saturated rings. The molecule has 4 heteroatoms. The molecule has 3 nitrogen and oxygen atoms in total. The Morgan fingerprint density at radius 1 is 1.31 bits per heavy atom. The van der Waals surface area contributed by atoms with Crippen LogP contribution in [0.2, 0.25) is 0 Å². The summed E-state index contributed by atoms with van der Waals surface area (Å²) in [6.07, 6.45) is 8.03. The standard InChI is InChI=1S/C9H8FN3/c10-9-3-8(4-12-5-9)6-13-2-1-11-7-13/h1-5,7H,6H2. The Morgan fingerprint density at radius 3 is 2.92 bits per heavy atom. The number of pyridine rings is 1. The maximum Gasteiger partial charge on any atom is 0.141 e. The fourth-order valence-corrected chi connectivity index (χ4v) is 1.13. The lowest BCUT2D eigenvalue weighted by Crippen LogP contribution is -1.97. The predicted octanol–water partition coefficient (Wildman–Crippen LogP) is 1.47. The first-order valence-corrected chi connectivity index (χ1v) is 3.90. The number of aromatic nitrogens is 3. The molecule has 2 rings (SSSR count). The smallest absolute Gasteiger partial charge is 0.141 e. The molecule has 0 amide bonds. The molecule has 0 atom stereocenters. The van der Waals surface area contributed by atoms with E-state index < -0.39 is 0 Å². The zero-order chi connectivity index (χ0) is 9.10. The third kappa shape index (κ3) is 1.90. The number of hydrogen-bond acceptors (Lipinski definition) is 2. The molecule has 0 aliphatic rings. The Morgan fingerprint density at radius 2 is 2.23 bits per heavy atom. The van der Waals surface area contributed by atoms with Gasteiger partial charge in [0.1, 0.15) is 5.82 Å². The van der Waals surface area contributed by atoms with E-state index in [0.717, 1.165) is 5.56 Å². The van der Waals surface area contributed by atoms with Crippen LogP contribution in [0.1, 0.15) is 5.56 Å². The lowest BCUT2D eigenvalue weighted by molar-refractivity contribution is 0.616. The van der Waals surface area contributed by atoms with Crippen LogP contribution in [0.3, 0.4) is 0 Å². The first-order chi connectivity index (χ1) is 6.34. The summed E-state index contributed by atoms with van der Waals surface area (Å²) < 4.78 is 14.6. The summed E-state index contributed by atoms with van der Waals surface area (Å²) >= 11 is 0. The van der Waals surface area contributed by atoms with Crippen LogP contribution < -0.4 is 0 Å². The van der Waals surface area contributed by atoms with Gasteiger partial charge in [-0.15, -0.1) is 0 Å². The highest BCUT2D eigenvalue weighted by molar-refractivity contribution is 5.10. The molecule has 2 heterocycles. The predicted molar refractivity (Wildman–Crippen MR) is 45.5 cm³/mol. The number of imidazole rings is 1. The van der Waals surface area contributed by atoms with Gasteiger partial charge in [0.05, 0.1) is 19.1 Å². The van der Waals surface area contributed by atoms with Crippen molar-refractivity contribution in [3.8, 4) is 0 Å². The molecule has 2 aromatic heterocycles. The Kier molecular flexibility index (Phi) is 2.04. The van der Waals surface area contributed by atoms with Crippen molar-refractivity contribution >= 4 is 0 Å². The molecule has 13 heavy (non-hydrogen) atoms. The molecule has 0 aliphatic heterocycles. The van der Waals surface area contributed by atoms with E-state index in [9.17, 15) is 4.39 Å². The van der Waals surface area contributed by atoms with E-state index in [4.69, 9.17) is 0 Å². The SMILES string of the molecule is Fc1cncc(Cn2ccnc2)c1. The van der Waals surface area contributed by atoms with Crippen molar-refractivity contribution in [3.63, 3.8) is 0 Å². The minimum absolute atomic E-state index is 0.308. The first-order valence-electron chi connectivity index (χ1n) is 3.90. The summed E-state index contributed by atoms with van der Waals surface area (Å²) in [5.41, 5.74) is 0.831. The van der Waals surface area contributed by atoms with Crippen LogP contribution in [0.4, 0.5) is 4.39 Å². The van der Waals surface area contributed by atoms with E-state index in [1.54, 1.807) is 18.7 Å². The highest BCUT2D eigenvalue weighted by atomic mass is 19.1. The number of rotatable bonds is 2. The number of hydrogen-bond donors (Lipinski definition) is 0. The minimum atomic E-state index is -0.308. The van der Waals surface area contributed by atoms with Crippen molar-refractivity contribution in [2.45, 2.75) is 6.54 Å². The summed E-state index contributed by atoms with van der Waals surface area (Å²) in [4.78, 5) is 7.65. The zero-order valence-electron chi connectivity index (χ0n) is 6.89. The molecule has 0 aliphatic carbocycles. The zero-order valence-corrected chi connectivity index (χ0v) is 6.89. The first kappa shape index (κ1) is 7.91. The Balaban J connectivity index is 2.19. The summed E-state index contributed by atoms with van der Waals surface area (Å²) in [5, 5.41) is 0. The maximum atomic E-state index is 12.7. The van der Waals surface area contributed by atoms with E-state index in [1.165, 1.54) is 12.3 Å². The van der Waals surface area contributed by atoms with Gasteiger partial charge in [-0.2, -0.15) is 0 Å². The van der Waals surface area contributed by atoms with E-state index in [0.29, 0.717) is 6.54 Å². The molecular formula is C9H8FN3. The Hall–Kier alpha value is -1.71. The average molecular weight is 177 g/mol. The normalized spacial score (nSPS) is 10.2. The second kappa shape index (κ2) is 3.35. The van der Waals surface area contributed by atoms with Gasteiger partial charge in [0.15, 0.2) is 0 Å². The van der Waals surface area contributed by atoms with E-state index in [-0.39, 0.29) is 5.82 Å². The summed E-state index contributed by atoms with van der Waals surface area (Å²) in [5.74, 6) is -0.308. The highest BCUT2D eigenvalue weighted by Gasteiger charge is 1.96. The van der Waals surface area contributed by atoms with Crippen LogP contribution in [0, 0.1) is 5.82 Å². The molecule has 0 saturated carbocycles. The third-order valence-corrected chi connectivity index (χ3v) is 1.69. The van der Waals surface area contributed by atoms with Crippen LogP contribution in [0.5, 0.6) is 0 Å². The molecule has 0 bridgehead atoms. The van der Waals surface area contributed by atoms with Gasteiger partial charge in [0.25, 0.3) is 0 Å². The van der Waals surface area contributed by atoms with Crippen molar-refractivity contribution in [3.05, 3.63) is 48.6 Å². The minimum Gasteiger partial charge on any atom is -0.333 e. The van der Waals surface area contributed by atoms with Crippen LogP contribution >= 0.6 is 0 Å². The van der Waals surface area contributed by atoms with Gasteiger partial charge < -0.3 is 4.57 Å². The van der Waals surface area contributed by atoms with Gasteiger partial charge in [0, 0.05) is 18.6 Å². The van der Waals surface area contributed by atoms with E-state index in [2.05, 4.69) is 9.97 Å². The summed E-state index contributed by atoms with van der Waals surface area (Å²) in [7, 11) is 0. The van der Waals surface area contributed by atoms with Gasteiger partial charge in [-0.3, -0.25) is 4.98 Å². The molecule has 0 spiro atoms. The van der Waals surface area contributed by atoms with Crippen molar-refractivity contribution in [2.75, 3.05) is 0 Å². The highest BCUT2D eigenvalue weighted by Crippen LogP contribution is 2.02. The van der Waals surface area contributed by atoms with Gasteiger partial charge >= 0.3 is 0 Å². The molecule has 0 N–H and O–H groups in total. The van der Waals surface area contributed by atoms with Crippen LogP contribution in [0.15, 0.2) is 37.2 Å². The Bertz CT molecular complexity index is 384. The second-order valence-corrected chi connectivity index (χ2v) is 2.75. The van der Waals surface area contributed by atoms with E-state index in [1.807, 2.05) is 10.8 Å². The quantitative estimate of drug-likeness (QED) is 0.695. The van der Waals surface area contributed by atoms with Crippen molar-refractivity contribution < 1.29 is 4.39 Å². The fourth-order valence-electron chi connectivity index (χ4n) is 1.13. The lowest BCUT2D eigenvalue weighted by Gasteiger charge is -2.00. The van der Waals surface area contributed by atoms with Crippen molar-refractivity contribution in [1.29, 1.82) is 0 Å². The largest absolute Gasteiger partial charge is 0.333 e. The van der Waals surface area contributed by atoms with Gasteiger partial charge in [-0.05, 0) is 11.6 Å². The van der Waals surface area contributed by atoms with Crippen molar-refractivity contribution in [2.24, 2.45) is 0 Å². The fraction of sp³-hybridized carbons (Fsp3) is 0.111. The molecule has 0 unspecified atom stereocenters. The van der Waals surface area contributed by atoms with Crippen LogP contribution in [-0.2, 0) is 6.54 Å².